The van der Waals surface area contributed by atoms with Gasteiger partial charge in [-0.05, 0) is 25.8 Å². The number of hydrogen-bond donors (Lipinski definition) is 1. The lowest BCUT2D eigenvalue weighted by atomic mass is 9.86. The fraction of sp³-hybridized carbons (Fsp3) is 0.615. The Bertz CT molecular complexity index is 439. The highest BCUT2D eigenvalue weighted by molar-refractivity contribution is 5.84. The molecule has 104 valence electrons. The predicted octanol–water partition coefficient (Wildman–Crippen LogP) is 1.16. The van der Waals surface area contributed by atoms with Crippen LogP contribution in [0.3, 0.4) is 0 Å². The first-order chi connectivity index (χ1) is 9.24. The molecular weight excluding hydrogens is 246 g/mol. The van der Waals surface area contributed by atoms with Crippen molar-refractivity contribution in [2.45, 2.75) is 31.8 Å². The van der Waals surface area contributed by atoms with E-state index in [0.29, 0.717) is 18.3 Å². The fourth-order valence-corrected chi connectivity index (χ4v) is 2.35. The molecule has 1 heterocycles. The van der Waals surface area contributed by atoms with Gasteiger partial charge < -0.3 is 15.2 Å². The number of ether oxygens (including phenoxy) is 2. The minimum absolute atomic E-state index is 0.0140. The highest BCUT2D eigenvalue weighted by Crippen LogP contribution is 2.27. The first-order valence-electron chi connectivity index (χ1n) is 6.52. The van der Waals surface area contributed by atoms with Crippen LogP contribution in [0.4, 0.5) is 0 Å². The number of methoxy groups -OCH3 is 1. The molecule has 1 aromatic rings. The number of aromatic nitrogens is 2. The highest BCUT2D eigenvalue weighted by atomic mass is 16.5. The summed E-state index contributed by atoms with van der Waals surface area (Å²) < 4.78 is 10.4. The molecule has 2 N–H and O–H groups in total. The van der Waals surface area contributed by atoms with Gasteiger partial charge in [-0.25, -0.2) is 9.78 Å². The monoisotopic (exact) mass is 265 g/mol. The van der Waals surface area contributed by atoms with Crippen LogP contribution in [0, 0.1) is 5.92 Å². The lowest BCUT2D eigenvalue weighted by Gasteiger charge is -2.30. The Balaban J connectivity index is 2.07. The van der Waals surface area contributed by atoms with Crippen molar-refractivity contribution >= 4 is 5.97 Å². The van der Waals surface area contributed by atoms with Crippen LogP contribution in [-0.2, 0) is 4.74 Å². The van der Waals surface area contributed by atoms with Crippen molar-refractivity contribution in [3.05, 3.63) is 18.1 Å². The Morgan fingerprint density at radius 2 is 2.26 bits per heavy atom. The van der Waals surface area contributed by atoms with Crippen molar-refractivity contribution in [2.75, 3.05) is 13.7 Å². The SMILES string of the molecule is COC(=O)c1nccc(OC2CCCCC2CN)n1. The molecule has 2 unspecified atom stereocenters. The second-order valence-corrected chi connectivity index (χ2v) is 4.65. The first-order valence-corrected chi connectivity index (χ1v) is 6.52. The zero-order chi connectivity index (χ0) is 13.7. The second-order valence-electron chi connectivity index (χ2n) is 4.65. The zero-order valence-corrected chi connectivity index (χ0v) is 11.0. The molecule has 0 aromatic carbocycles. The maximum absolute atomic E-state index is 11.4. The van der Waals surface area contributed by atoms with E-state index in [0.717, 1.165) is 19.3 Å². The highest BCUT2D eigenvalue weighted by Gasteiger charge is 2.26. The van der Waals surface area contributed by atoms with Crippen LogP contribution < -0.4 is 10.5 Å². The van der Waals surface area contributed by atoms with E-state index >= 15 is 0 Å². The maximum atomic E-state index is 11.4. The van der Waals surface area contributed by atoms with Gasteiger partial charge in [0.05, 0.1) is 7.11 Å². The van der Waals surface area contributed by atoms with Crippen molar-refractivity contribution in [2.24, 2.45) is 11.7 Å². The second kappa shape index (κ2) is 6.47. The molecule has 6 heteroatoms. The van der Waals surface area contributed by atoms with Crippen LogP contribution >= 0.6 is 0 Å². The molecule has 0 spiro atoms. The summed E-state index contributed by atoms with van der Waals surface area (Å²) in [5, 5.41) is 0. The van der Waals surface area contributed by atoms with Gasteiger partial charge in [0.2, 0.25) is 11.7 Å². The largest absolute Gasteiger partial charge is 0.474 e. The molecule has 0 aliphatic heterocycles. The molecule has 2 atom stereocenters. The summed E-state index contributed by atoms with van der Waals surface area (Å²) in [6, 6.07) is 1.65. The van der Waals surface area contributed by atoms with Crippen LogP contribution in [-0.4, -0.2) is 35.7 Å². The van der Waals surface area contributed by atoms with Gasteiger partial charge >= 0.3 is 5.97 Å². The quantitative estimate of drug-likeness (QED) is 0.822. The van der Waals surface area contributed by atoms with E-state index in [2.05, 4.69) is 14.7 Å². The van der Waals surface area contributed by atoms with Gasteiger partial charge in [-0.1, -0.05) is 6.42 Å². The van der Waals surface area contributed by atoms with Gasteiger partial charge in [0.15, 0.2) is 0 Å². The third kappa shape index (κ3) is 3.41. The number of nitrogens with two attached hydrogens (primary N) is 1. The molecule has 1 aliphatic rings. The van der Waals surface area contributed by atoms with Gasteiger partial charge in [-0.15, -0.1) is 0 Å². The smallest absolute Gasteiger partial charge is 0.376 e. The lowest BCUT2D eigenvalue weighted by Crippen LogP contribution is -2.35. The fourth-order valence-electron chi connectivity index (χ4n) is 2.35. The van der Waals surface area contributed by atoms with Gasteiger partial charge in [0, 0.05) is 18.2 Å². The zero-order valence-electron chi connectivity index (χ0n) is 11.0. The van der Waals surface area contributed by atoms with E-state index in [1.54, 1.807) is 6.07 Å². The molecule has 1 aliphatic carbocycles. The summed E-state index contributed by atoms with van der Waals surface area (Å²) in [6.45, 7) is 0.611. The number of carbonyl (C=O) groups excluding carboxylic acids is 1. The number of hydrogen-bond acceptors (Lipinski definition) is 6. The van der Waals surface area contributed by atoms with Crippen LogP contribution in [0.1, 0.15) is 36.3 Å². The van der Waals surface area contributed by atoms with Crippen LogP contribution in [0.25, 0.3) is 0 Å². The Labute approximate surface area is 112 Å². The summed E-state index contributed by atoms with van der Waals surface area (Å²) in [6.07, 6.45) is 5.94. The normalized spacial score (nSPS) is 22.8. The molecule has 0 radical (unpaired) electrons. The Kier molecular flexibility index (Phi) is 4.68. The topological polar surface area (TPSA) is 87.3 Å². The Hall–Kier alpha value is -1.69. The van der Waals surface area contributed by atoms with E-state index in [-0.39, 0.29) is 11.9 Å². The molecule has 19 heavy (non-hydrogen) atoms. The van der Waals surface area contributed by atoms with Crippen molar-refractivity contribution < 1.29 is 14.3 Å². The Morgan fingerprint density at radius 3 is 3.00 bits per heavy atom. The molecule has 0 saturated heterocycles. The first kappa shape index (κ1) is 13.7. The maximum Gasteiger partial charge on any atom is 0.376 e. The molecule has 1 fully saturated rings. The summed E-state index contributed by atoms with van der Waals surface area (Å²) in [4.78, 5) is 19.3. The standard InChI is InChI=1S/C13H19N3O3/c1-18-13(17)12-15-7-6-11(16-12)19-10-5-3-2-4-9(10)8-14/h6-7,9-10H,2-5,8,14H2,1H3. The van der Waals surface area contributed by atoms with Gasteiger partial charge in [0.25, 0.3) is 0 Å². The summed E-state index contributed by atoms with van der Waals surface area (Å²) in [5.74, 6) is 0.204. The molecule has 0 amide bonds. The lowest BCUT2D eigenvalue weighted by molar-refractivity contribution is 0.0579. The van der Waals surface area contributed by atoms with Gasteiger partial charge in [0.1, 0.15) is 6.10 Å². The Morgan fingerprint density at radius 1 is 1.47 bits per heavy atom. The summed E-state index contributed by atoms with van der Waals surface area (Å²) in [7, 11) is 1.30. The minimum Gasteiger partial charge on any atom is -0.474 e. The van der Waals surface area contributed by atoms with Crippen LogP contribution in [0.5, 0.6) is 5.88 Å². The number of carbonyl (C=O) groups is 1. The van der Waals surface area contributed by atoms with Gasteiger partial charge in [-0.3, -0.25) is 0 Å². The van der Waals surface area contributed by atoms with E-state index in [4.69, 9.17) is 10.5 Å². The number of esters is 1. The molecule has 1 aromatic heterocycles. The van der Waals surface area contributed by atoms with Crippen LogP contribution in [0.15, 0.2) is 12.3 Å². The number of nitrogens with zero attached hydrogens (tertiary/aromatic N) is 2. The summed E-state index contributed by atoms with van der Waals surface area (Å²) in [5.41, 5.74) is 5.76. The third-order valence-electron chi connectivity index (χ3n) is 3.41. The molecule has 1 saturated carbocycles. The molecule has 0 bridgehead atoms. The minimum atomic E-state index is -0.565. The van der Waals surface area contributed by atoms with Gasteiger partial charge in [-0.2, -0.15) is 4.98 Å². The van der Waals surface area contributed by atoms with E-state index in [1.165, 1.54) is 19.7 Å². The molecule has 2 rings (SSSR count). The van der Waals surface area contributed by atoms with Crippen LogP contribution in [0.2, 0.25) is 0 Å². The van der Waals surface area contributed by atoms with Crippen molar-refractivity contribution in [3.63, 3.8) is 0 Å². The molecular formula is C13H19N3O3. The van der Waals surface area contributed by atoms with Crippen molar-refractivity contribution in [1.82, 2.24) is 9.97 Å². The average molecular weight is 265 g/mol. The number of rotatable bonds is 4. The third-order valence-corrected chi connectivity index (χ3v) is 3.41. The van der Waals surface area contributed by atoms with Crippen molar-refractivity contribution in [3.8, 4) is 5.88 Å². The average Bonchev–Trinajstić information content (AvgIpc) is 2.47. The molecule has 6 nitrogen and oxygen atoms in total. The van der Waals surface area contributed by atoms with E-state index in [1.807, 2.05) is 0 Å². The van der Waals surface area contributed by atoms with E-state index in [9.17, 15) is 4.79 Å². The van der Waals surface area contributed by atoms with Crippen molar-refractivity contribution in [1.29, 1.82) is 0 Å². The summed E-state index contributed by atoms with van der Waals surface area (Å²) >= 11 is 0. The van der Waals surface area contributed by atoms with E-state index < -0.39 is 5.97 Å². The predicted molar refractivity (Wildman–Crippen MR) is 68.8 cm³/mol.